The fourth-order valence-corrected chi connectivity index (χ4v) is 2.18. The fourth-order valence-electron chi connectivity index (χ4n) is 2.18. The van der Waals surface area contributed by atoms with E-state index in [0.29, 0.717) is 13.2 Å². The standard InChI is InChI=1S/C14H13FN2O4/c15-9-3-1-2-8(6-9)11-13(18)16-12(17-14(11)19)10-7-20-4-5-21-10/h1-3,6,10H,4-5,7H2,(H2,16,17,18,19). The van der Waals surface area contributed by atoms with Crippen molar-refractivity contribution >= 4 is 0 Å². The van der Waals surface area contributed by atoms with Crippen molar-refractivity contribution in [1.29, 1.82) is 0 Å². The van der Waals surface area contributed by atoms with Crippen LogP contribution in [0.5, 0.6) is 5.88 Å². The summed E-state index contributed by atoms with van der Waals surface area (Å²) in [5.41, 5.74) is -0.374. The molecule has 1 atom stereocenters. The highest BCUT2D eigenvalue weighted by Crippen LogP contribution is 2.26. The first-order valence-electron chi connectivity index (χ1n) is 6.43. The van der Waals surface area contributed by atoms with Crippen molar-refractivity contribution in [3.05, 3.63) is 46.3 Å². The lowest BCUT2D eigenvalue weighted by Crippen LogP contribution is -2.26. The van der Waals surface area contributed by atoms with Gasteiger partial charge < -0.3 is 19.6 Å². The van der Waals surface area contributed by atoms with Gasteiger partial charge in [0.05, 0.1) is 19.8 Å². The number of ether oxygens (including phenoxy) is 2. The van der Waals surface area contributed by atoms with E-state index in [0.717, 1.165) is 6.07 Å². The van der Waals surface area contributed by atoms with Crippen LogP contribution in [0.2, 0.25) is 0 Å². The van der Waals surface area contributed by atoms with Gasteiger partial charge in [-0.1, -0.05) is 12.1 Å². The molecule has 0 amide bonds. The second kappa shape index (κ2) is 5.63. The Morgan fingerprint density at radius 1 is 1.38 bits per heavy atom. The molecule has 2 N–H and O–H groups in total. The van der Waals surface area contributed by atoms with E-state index in [9.17, 15) is 14.3 Å². The molecule has 110 valence electrons. The van der Waals surface area contributed by atoms with E-state index in [-0.39, 0.29) is 23.6 Å². The first kappa shape index (κ1) is 13.7. The van der Waals surface area contributed by atoms with Crippen LogP contribution in [0, 0.1) is 5.82 Å². The van der Waals surface area contributed by atoms with Crippen LogP contribution in [0.4, 0.5) is 4.39 Å². The molecule has 1 aromatic heterocycles. The predicted octanol–water partition coefficient (Wildman–Crippen LogP) is 1.37. The van der Waals surface area contributed by atoms with Gasteiger partial charge in [-0.3, -0.25) is 4.79 Å². The van der Waals surface area contributed by atoms with Crippen LogP contribution in [0.25, 0.3) is 11.1 Å². The number of halogens is 1. The average Bonchev–Trinajstić information content (AvgIpc) is 2.47. The van der Waals surface area contributed by atoms with E-state index < -0.39 is 23.4 Å². The zero-order valence-corrected chi connectivity index (χ0v) is 11.0. The number of hydrogen-bond acceptors (Lipinski definition) is 5. The van der Waals surface area contributed by atoms with Crippen LogP contribution in [0.3, 0.4) is 0 Å². The molecule has 0 saturated carbocycles. The second-order valence-corrected chi connectivity index (χ2v) is 4.59. The van der Waals surface area contributed by atoms with Gasteiger partial charge >= 0.3 is 0 Å². The van der Waals surface area contributed by atoms with Crippen molar-refractivity contribution < 1.29 is 19.0 Å². The van der Waals surface area contributed by atoms with Crippen molar-refractivity contribution in [3.8, 4) is 17.0 Å². The predicted molar refractivity (Wildman–Crippen MR) is 71.4 cm³/mol. The van der Waals surface area contributed by atoms with Crippen molar-refractivity contribution in [2.24, 2.45) is 0 Å². The SMILES string of the molecule is O=c1[nH]c(C2COCCO2)nc(O)c1-c1cccc(F)c1. The van der Waals surface area contributed by atoms with Crippen LogP contribution < -0.4 is 5.56 Å². The Hall–Kier alpha value is -2.25. The number of aromatic nitrogens is 2. The molecular weight excluding hydrogens is 279 g/mol. The van der Waals surface area contributed by atoms with Crippen molar-refractivity contribution in [3.63, 3.8) is 0 Å². The van der Waals surface area contributed by atoms with Gasteiger partial charge in [-0.05, 0) is 17.7 Å². The van der Waals surface area contributed by atoms with E-state index in [4.69, 9.17) is 9.47 Å². The highest BCUT2D eigenvalue weighted by molar-refractivity contribution is 5.67. The number of nitrogens with zero attached hydrogens (tertiary/aromatic N) is 1. The number of H-pyrrole nitrogens is 1. The van der Waals surface area contributed by atoms with Gasteiger partial charge in [0, 0.05) is 0 Å². The van der Waals surface area contributed by atoms with Crippen LogP contribution >= 0.6 is 0 Å². The summed E-state index contributed by atoms with van der Waals surface area (Å²) in [4.78, 5) is 18.6. The Labute approximate surface area is 119 Å². The summed E-state index contributed by atoms with van der Waals surface area (Å²) in [6, 6.07) is 5.39. The van der Waals surface area contributed by atoms with Gasteiger partial charge in [0.2, 0.25) is 5.88 Å². The van der Waals surface area contributed by atoms with Gasteiger partial charge in [0.1, 0.15) is 23.3 Å². The molecule has 2 heterocycles. The minimum atomic E-state index is -0.558. The molecule has 1 fully saturated rings. The van der Waals surface area contributed by atoms with E-state index in [1.807, 2.05) is 0 Å². The molecule has 0 spiro atoms. The molecule has 0 radical (unpaired) electrons. The van der Waals surface area contributed by atoms with E-state index in [2.05, 4.69) is 9.97 Å². The van der Waals surface area contributed by atoms with Crippen molar-refractivity contribution in [1.82, 2.24) is 9.97 Å². The summed E-state index contributed by atoms with van der Waals surface area (Å²) >= 11 is 0. The molecular formula is C14H13FN2O4. The van der Waals surface area contributed by atoms with Crippen LogP contribution in [0.1, 0.15) is 11.9 Å². The Morgan fingerprint density at radius 2 is 2.24 bits per heavy atom. The Bertz CT molecular complexity index is 710. The Balaban J connectivity index is 2.02. The number of nitrogens with one attached hydrogen (secondary N) is 1. The summed E-state index contributed by atoms with van der Waals surface area (Å²) in [6.07, 6.45) is -0.529. The normalized spacial score (nSPS) is 18.6. The maximum absolute atomic E-state index is 13.2. The van der Waals surface area contributed by atoms with Crippen LogP contribution in [-0.4, -0.2) is 34.9 Å². The minimum absolute atomic E-state index is 0.0741. The minimum Gasteiger partial charge on any atom is -0.493 e. The number of hydrogen-bond donors (Lipinski definition) is 2. The van der Waals surface area contributed by atoms with Crippen molar-refractivity contribution in [2.75, 3.05) is 19.8 Å². The molecule has 1 aliphatic heterocycles. The summed E-state index contributed by atoms with van der Waals surface area (Å²) in [7, 11) is 0. The molecule has 3 rings (SSSR count). The van der Waals surface area contributed by atoms with Gasteiger partial charge in [0.25, 0.3) is 5.56 Å². The lowest BCUT2D eigenvalue weighted by atomic mass is 10.1. The maximum Gasteiger partial charge on any atom is 0.262 e. The van der Waals surface area contributed by atoms with Gasteiger partial charge in [-0.15, -0.1) is 0 Å². The first-order valence-corrected chi connectivity index (χ1v) is 6.43. The second-order valence-electron chi connectivity index (χ2n) is 4.59. The monoisotopic (exact) mass is 292 g/mol. The van der Waals surface area contributed by atoms with Gasteiger partial charge in [-0.2, -0.15) is 4.98 Å². The van der Waals surface area contributed by atoms with Gasteiger partial charge in [-0.25, -0.2) is 4.39 Å². The largest absolute Gasteiger partial charge is 0.493 e. The highest BCUT2D eigenvalue weighted by atomic mass is 19.1. The molecule has 1 unspecified atom stereocenters. The lowest BCUT2D eigenvalue weighted by Gasteiger charge is -2.22. The zero-order chi connectivity index (χ0) is 14.8. The highest BCUT2D eigenvalue weighted by Gasteiger charge is 2.22. The zero-order valence-electron chi connectivity index (χ0n) is 11.0. The topological polar surface area (TPSA) is 84.4 Å². The average molecular weight is 292 g/mol. The summed E-state index contributed by atoms with van der Waals surface area (Å²) in [6.45, 7) is 1.12. The molecule has 7 heteroatoms. The third kappa shape index (κ3) is 2.79. The summed E-state index contributed by atoms with van der Waals surface area (Å²) < 4.78 is 23.9. The van der Waals surface area contributed by atoms with Crippen molar-refractivity contribution in [2.45, 2.75) is 6.10 Å². The van der Waals surface area contributed by atoms with E-state index in [1.54, 1.807) is 0 Å². The van der Waals surface area contributed by atoms with Gasteiger partial charge in [0.15, 0.2) is 0 Å². The fraction of sp³-hybridized carbons (Fsp3) is 0.286. The molecule has 0 aliphatic carbocycles. The number of aromatic amines is 1. The molecule has 2 aromatic rings. The molecule has 21 heavy (non-hydrogen) atoms. The summed E-state index contributed by atoms with van der Waals surface area (Å²) in [5, 5.41) is 10.00. The molecule has 0 bridgehead atoms. The lowest BCUT2D eigenvalue weighted by molar-refractivity contribution is -0.0937. The Kier molecular flexibility index (Phi) is 3.68. The number of benzene rings is 1. The van der Waals surface area contributed by atoms with E-state index in [1.165, 1.54) is 18.2 Å². The van der Waals surface area contributed by atoms with E-state index >= 15 is 0 Å². The molecule has 1 saturated heterocycles. The molecule has 1 aliphatic rings. The Morgan fingerprint density at radius 3 is 2.90 bits per heavy atom. The molecule has 6 nitrogen and oxygen atoms in total. The van der Waals surface area contributed by atoms with Crippen LogP contribution in [-0.2, 0) is 9.47 Å². The number of rotatable bonds is 2. The quantitative estimate of drug-likeness (QED) is 0.873. The smallest absolute Gasteiger partial charge is 0.262 e. The maximum atomic E-state index is 13.2. The third-order valence-electron chi connectivity index (χ3n) is 3.15. The third-order valence-corrected chi connectivity index (χ3v) is 3.15. The summed E-state index contributed by atoms with van der Waals surface area (Å²) in [5.74, 6) is -0.773. The first-order chi connectivity index (χ1) is 10.1. The van der Waals surface area contributed by atoms with Crippen LogP contribution in [0.15, 0.2) is 29.1 Å². The molecule has 1 aromatic carbocycles. The number of aromatic hydroxyl groups is 1.